The summed E-state index contributed by atoms with van der Waals surface area (Å²) in [4.78, 5) is 12.3. The first kappa shape index (κ1) is 16.4. The second kappa shape index (κ2) is 7.04. The zero-order chi connectivity index (χ0) is 17.9. The van der Waals surface area contributed by atoms with Gasteiger partial charge in [-0.05, 0) is 40.3 Å². The van der Waals surface area contributed by atoms with Crippen LogP contribution in [0.3, 0.4) is 0 Å². The summed E-state index contributed by atoms with van der Waals surface area (Å²) in [6.45, 7) is 2.40. The van der Waals surface area contributed by atoms with E-state index in [1.165, 1.54) is 22.3 Å². The Bertz CT molecular complexity index is 903. The molecule has 0 fully saturated rings. The number of anilines is 1. The van der Waals surface area contributed by atoms with Crippen molar-refractivity contribution in [2.75, 3.05) is 11.9 Å². The van der Waals surface area contributed by atoms with E-state index in [4.69, 9.17) is 4.74 Å². The van der Waals surface area contributed by atoms with Crippen molar-refractivity contribution in [1.82, 2.24) is 0 Å². The highest BCUT2D eigenvalue weighted by molar-refractivity contribution is 5.86. The second-order valence-electron chi connectivity index (χ2n) is 6.46. The number of para-hydroxylation sites is 1. The number of nitrogens with one attached hydrogen (secondary N) is 1. The number of carbonyl (C=O) groups is 1. The van der Waals surface area contributed by atoms with Crippen LogP contribution in [0.15, 0.2) is 72.8 Å². The summed E-state index contributed by atoms with van der Waals surface area (Å²) in [5, 5.41) is 2.87. The van der Waals surface area contributed by atoms with Gasteiger partial charge < -0.3 is 4.74 Å². The van der Waals surface area contributed by atoms with Crippen LogP contribution >= 0.6 is 0 Å². The molecule has 1 N–H and O–H groups in total. The average Bonchev–Trinajstić information content (AvgIpc) is 3.01. The lowest BCUT2D eigenvalue weighted by Crippen LogP contribution is -2.18. The first-order valence-corrected chi connectivity index (χ1v) is 8.98. The van der Waals surface area contributed by atoms with E-state index in [1.54, 1.807) is 0 Å². The van der Waals surface area contributed by atoms with Crippen molar-refractivity contribution in [2.45, 2.75) is 19.3 Å². The van der Waals surface area contributed by atoms with Crippen LogP contribution in [-0.4, -0.2) is 12.7 Å². The molecule has 3 aromatic rings. The fraction of sp³-hybridized carbons (Fsp3) is 0.174. The van der Waals surface area contributed by atoms with Gasteiger partial charge in [0.25, 0.3) is 0 Å². The third-order valence-electron chi connectivity index (χ3n) is 4.98. The number of aryl methyl sites for hydroxylation is 1. The predicted molar refractivity (Wildman–Crippen MR) is 105 cm³/mol. The van der Waals surface area contributed by atoms with Gasteiger partial charge in [0.05, 0.1) is 0 Å². The van der Waals surface area contributed by atoms with Crippen LogP contribution in [0.25, 0.3) is 11.1 Å². The van der Waals surface area contributed by atoms with Gasteiger partial charge >= 0.3 is 6.09 Å². The lowest BCUT2D eigenvalue weighted by atomic mass is 9.98. The van der Waals surface area contributed by atoms with E-state index in [0.717, 1.165) is 17.7 Å². The number of hydrogen-bond acceptors (Lipinski definition) is 2. The largest absolute Gasteiger partial charge is 0.448 e. The summed E-state index contributed by atoms with van der Waals surface area (Å²) in [6.07, 6.45) is 0.451. The molecule has 0 aliphatic heterocycles. The standard InChI is InChI=1S/C23H21NO2/c1-2-16-9-3-8-14-22(16)24-23(25)26-15-21-19-12-6-4-10-17(19)18-11-5-7-13-20(18)21/h3-14,21H,2,15H2,1H3,(H,24,25). The summed E-state index contributed by atoms with van der Waals surface area (Å²) >= 11 is 0. The molecule has 0 bridgehead atoms. The SMILES string of the molecule is CCc1ccccc1NC(=O)OCC1c2ccccc2-c2ccccc21. The zero-order valence-corrected chi connectivity index (χ0v) is 14.7. The Morgan fingerprint density at radius 1 is 0.885 bits per heavy atom. The molecule has 3 nitrogen and oxygen atoms in total. The van der Waals surface area contributed by atoms with Gasteiger partial charge in [0.15, 0.2) is 0 Å². The maximum atomic E-state index is 12.3. The minimum atomic E-state index is -0.409. The highest BCUT2D eigenvalue weighted by Crippen LogP contribution is 2.44. The van der Waals surface area contributed by atoms with Crippen LogP contribution in [0.5, 0.6) is 0 Å². The average molecular weight is 343 g/mol. The van der Waals surface area contributed by atoms with Crippen molar-refractivity contribution in [3.8, 4) is 11.1 Å². The third-order valence-corrected chi connectivity index (χ3v) is 4.98. The number of rotatable bonds is 4. The van der Waals surface area contributed by atoms with Gasteiger partial charge in [0.2, 0.25) is 0 Å². The van der Waals surface area contributed by atoms with E-state index in [9.17, 15) is 4.79 Å². The number of benzene rings is 3. The summed E-state index contributed by atoms with van der Waals surface area (Å²) in [6, 6.07) is 24.5. The molecule has 0 spiro atoms. The highest BCUT2D eigenvalue weighted by atomic mass is 16.5. The molecule has 0 aromatic heterocycles. The molecular formula is C23H21NO2. The molecule has 130 valence electrons. The van der Waals surface area contributed by atoms with Gasteiger partial charge in [0.1, 0.15) is 6.61 Å². The topological polar surface area (TPSA) is 38.3 Å². The Morgan fingerprint density at radius 2 is 1.46 bits per heavy atom. The van der Waals surface area contributed by atoms with Gasteiger partial charge in [-0.15, -0.1) is 0 Å². The predicted octanol–water partition coefficient (Wildman–Crippen LogP) is 5.61. The summed E-state index contributed by atoms with van der Waals surface area (Å²) in [5.74, 6) is 0.0783. The molecule has 0 atom stereocenters. The highest BCUT2D eigenvalue weighted by Gasteiger charge is 2.29. The Balaban J connectivity index is 1.50. The van der Waals surface area contributed by atoms with Gasteiger partial charge in [-0.2, -0.15) is 0 Å². The quantitative estimate of drug-likeness (QED) is 0.668. The van der Waals surface area contributed by atoms with Crippen LogP contribution in [0.4, 0.5) is 10.5 Å². The molecule has 3 aromatic carbocycles. The summed E-state index contributed by atoms with van der Waals surface area (Å²) in [5.41, 5.74) is 6.81. The number of fused-ring (bicyclic) bond motifs is 3. The fourth-order valence-corrected chi connectivity index (χ4v) is 3.70. The van der Waals surface area contributed by atoms with E-state index in [2.05, 4.69) is 36.5 Å². The Morgan fingerprint density at radius 3 is 2.12 bits per heavy atom. The Labute approximate surface area is 153 Å². The monoisotopic (exact) mass is 343 g/mol. The zero-order valence-electron chi connectivity index (χ0n) is 14.7. The molecule has 0 radical (unpaired) electrons. The molecule has 26 heavy (non-hydrogen) atoms. The molecule has 0 heterocycles. The maximum Gasteiger partial charge on any atom is 0.411 e. The van der Waals surface area contributed by atoms with Crippen molar-refractivity contribution >= 4 is 11.8 Å². The summed E-state index contributed by atoms with van der Waals surface area (Å²) in [7, 11) is 0. The van der Waals surface area contributed by atoms with E-state index in [0.29, 0.717) is 6.61 Å². The van der Waals surface area contributed by atoms with Gasteiger partial charge in [-0.3, -0.25) is 5.32 Å². The fourth-order valence-electron chi connectivity index (χ4n) is 3.70. The minimum Gasteiger partial charge on any atom is -0.448 e. The third kappa shape index (κ3) is 2.97. The number of amides is 1. The number of ether oxygens (including phenoxy) is 1. The van der Waals surface area contributed by atoms with Crippen LogP contribution in [0.2, 0.25) is 0 Å². The van der Waals surface area contributed by atoms with E-state index in [-0.39, 0.29) is 5.92 Å². The lowest BCUT2D eigenvalue weighted by molar-refractivity contribution is 0.158. The van der Waals surface area contributed by atoms with Crippen LogP contribution in [0.1, 0.15) is 29.5 Å². The van der Waals surface area contributed by atoms with Gasteiger partial charge in [-0.25, -0.2) is 4.79 Å². The molecule has 3 heteroatoms. The molecular weight excluding hydrogens is 322 g/mol. The molecule has 1 aliphatic carbocycles. The summed E-state index contributed by atoms with van der Waals surface area (Å²) < 4.78 is 5.59. The molecule has 0 unspecified atom stereocenters. The van der Waals surface area contributed by atoms with Crippen LogP contribution in [0, 0.1) is 0 Å². The number of hydrogen-bond donors (Lipinski definition) is 1. The molecule has 0 saturated carbocycles. The number of carbonyl (C=O) groups excluding carboxylic acids is 1. The van der Waals surface area contributed by atoms with Gasteiger partial charge in [-0.1, -0.05) is 73.7 Å². The molecule has 0 saturated heterocycles. The van der Waals surface area contributed by atoms with Crippen molar-refractivity contribution in [2.24, 2.45) is 0 Å². The van der Waals surface area contributed by atoms with Crippen LogP contribution in [-0.2, 0) is 11.2 Å². The van der Waals surface area contributed by atoms with Crippen molar-refractivity contribution in [3.63, 3.8) is 0 Å². The van der Waals surface area contributed by atoms with E-state index >= 15 is 0 Å². The van der Waals surface area contributed by atoms with Crippen molar-refractivity contribution < 1.29 is 9.53 Å². The van der Waals surface area contributed by atoms with Crippen molar-refractivity contribution in [3.05, 3.63) is 89.5 Å². The maximum absolute atomic E-state index is 12.3. The van der Waals surface area contributed by atoms with Gasteiger partial charge in [0, 0.05) is 11.6 Å². The smallest absolute Gasteiger partial charge is 0.411 e. The Kier molecular flexibility index (Phi) is 4.44. The Hall–Kier alpha value is -3.07. The lowest BCUT2D eigenvalue weighted by Gasteiger charge is -2.15. The van der Waals surface area contributed by atoms with E-state index < -0.39 is 6.09 Å². The minimum absolute atomic E-state index is 0.0783. The molecule has 4 rings (SSSR count). The van der Waals surface area contributed by atoms with Crippen LogP contribution < -0.4 is 5.32 Å². The normalized spacial score (nSPS) is 12.3. The molecule has 1 amide bonds. The van der Waals surface area contributed by atoms with E-state index in [1.807, 2.05) is 48.5 Å². The second-order valence-corrected chi connectivity index (χ2v) is 6.46. The van der Waals surface area contributed by atoms with Crippen molar-refractivity contribution in [1.29, 1.82) is 0 Å². The first-order chi connectivity index (χ1) is 12.8. The molecule has 1 aliphatic rings. The first-order valence-electron chi connectivity index (χ1n) is 8.98.